The molecule has 2 aliphatic rings. The van der Waals surface area contributed by atoms with E-state index in [0.29, 0.717) is 23.3 Å². The summed E-state index contributed by atoms with van der Waals surface area (Å²) in [5.74, 6) is -3.29. The molecule has 1 aromatic heterocycles. The molecule has 1 aliphatic heterocycles. The van der Waals surface area contributed by atoms with Crippen molar-refractivity contribution in [2.75, 3.05) is 14.2 Å². The number of carbonyl (C=O) groups is 3. The minimum atomic E-state index is -0.965. The van der Waals surface area contributed by atoms with Crippen LogP contribution < -0.4 is 5.32 Å². The molecule has 7 heteroatoms. The number of thiophene rings is 1. The number of carbonyl (C=O) groups excluding carboxylic acids is 3. The third-order valence-corrected chi connectivity index (χ3v) is 6.93. The predicted molar refractivity (Wildman–Crippen MR) is 116 cm³/mol. The molecule has 4 rings (SSSR count). The zero-order valence-electron chi connectivity index (χ0n) is 17.5. The fraction of sp³-hybridized carbons (Fsp3) is 0.292. The number of ketones is 1. The zero-order chi connectivity index (χ0) is 22.1. The molecule has 0 amide bonds. The summed E-state index contributed by atoms with van der Waals surface area (Å²) in [6, 6.07) is 13.2. The molecule has 0 unspecified atom stereocenters. The van der Waals surface area contributed by atoms with E-state index in [1.807, 2.05) is 54.8 Å². The number of hydrogen-bond donors (Lipinski definition) is 1. The highest BCUT2D eigenvalue weighted by atomic mass is 32.1. The number of Topliss-reactive ketones (excluding diaryl/α,β-unsaturated/α-hetero) is 1. The van der Waals surface area contributed by atoms with Crippen LogP contribution in [0.25, 0.3) is 0 Å². The smallest absolute Gasteiger partial charge is 0.336 e. The van der Waals surface area contributed by atoms with Crippen LogP contribution in [0, 0.1) is 5.92 Å². The van der Waals surface area contributed by atoms with E-state index in [2.05, 4.69) is 5.32 Å². The van der Waals surface area contributed by atoms with Crippen LogP contribution in [0.5, 0.6) is 0 Å². The Morgan fingerprint density at radius 2 is 1.81 bits per heavy atom. The van der Waals surface area contributed by atoms with Gasteiger partial charge in [0.05, 0.1) is 19.8 Å². The van der Waals surface area contributed by atoms with Gasteiger partial charge in [-0.25, -0.2) is 4.79 Å². The summed E-state index contributed by atoms with van der Waals surface area (Å²) in [5.41, 5.74) is 2.98. The van der Waals surface area contributed by atoms with Crippen molar-refractivity contribution < 1.29 is 23.9 Å². The van der Waals surface area contributed by atoms with Gasteiger partial charge in [-0.3, -0.25) is 9.59 Å². The van der Waals surface area contributed by atoms with Crippen molar-refractivity contribution in [2.45, 2.75) is 25.2 Å². The summed E-state index contributed by atoms with van der Waals surface area (Å²) in [7, 11) is 2.62. The Balaban J connectivity index is 1.90. The van der Waals surface area contributed by atoms with E-state index in [0.717, 1.165) is 16.1 Å². The molecule has 1 aromatic carbocycles. The van der Waals surface area contributed by atoms with Gasteiger partial charge in [0.2, 0.25) is 0 Å². The maximum absolute atomic E-state index is 13.8. The van der Waals surface area contributed by atoms with Gasteiger partial charge in [-0.05, 0) is 30.4 Å². The second-order valence-corrected chi connectivity index (χ2v) is 8.56. The maximum atomic E-state index is 13.8. The zero-order valence-corrected chi connectivity index (χ0v) is 18.3. The number of nitrogens with one attached hydrogen (secondary N) is 1. The predicted octanol–water partition coefficient (Wildman–Crippen LogP) is 3.68. The van der Waals surface area contributed by atoms with E-state index < -0.39 is 23.8 Å². The first-order valence-corrected chi connectivity index (χ1v) is 10.8. The number of methoxy groups -OCH3 is 2. The Kier molecular flexibility index (Phi) is 5.78. The van der Waals surface area contributed by atoms with Crippen molar-refractivity contribution in [3.05, 3.63) is 80.8 Å². The van der Waals surface area contributed by atoms with Gasteiger partial charge < -0.3 is 14.8 Å². The van der Waals surface area contributed by atoms with Crippen LogP contribution in [0.4, 0.5) is 0 Å². The van der Waals surface area contributed by atoms with Crippen molar-refractivity contribution >= 4 is 29.1 Å². The SMILES string of the molecule is COC(=O)C1=C(C)NC2=C(C(=O)[C@@H](C(=O)OC)[C@H](c3cccs3)C2)[C@@H]1c1ccccc1. The highest BCUT2D eigenvalue weighted by Gasteiger charge is 2.49. The van der Waals surface area contributed by atoms with E-state index in [1.165, 1.54) is 25.6 Å². The van der Waals surface area contributed by atoms with Crippen LogP contribution in [0.15, 0.2) is 70.4 Å². The van der Waals surface area contributed by atoms with Gasteiger partial charge in [-0.1, -0.05) is 36.4 Å². The van der Waals surface area contributed by atoms with Crippen LogP contribution in [-0.4, -0.2) is 31.9 Å². The normalized spacial score (nSPS) is 23.2. The number of ether oxygens (including phenoxy) is 2. The molecule has 6 nitrogen and oxygen atoms in total. The van der Waals surface area contributed by atoms with E-state index >= 15 is 0 Å². The Labute approximate surface area is 184 Å². The van der Waals surface area contributed by atoms with Crippen molar-refractivity contribution in [1.29, 1.82) is 0 Å². The number of dihydropyridines is 1. The second kappa shape index (κ2) is 8.51. The van der Waals surface area contributed by atoms with E-state index in [4.69, 9.17) is 9.47 Å². The Morgan fingerprint density at radius 3 is 2.42 bits per heavy atom. The lowest BCUT2D eigenvalue weighted by Gasteiger charge is -2.39. The molecule has 2 heterocycles. The lowest BCUT2D eigenvalue weighted by molar-refractivity contribution is -0.149. The lowest BCUT2D eigenvalue weighted by atomic mass is 9.68. The van der Waals surface area contributed by atoms with Crippen molar-refractivity contribution in [1.82, 2.24) is 5.32 Å². The van der Waals surface area contributed by atoms with Crippen LogP contribution >= 0.6 is 11.3 Å². The first kappa shape index (κ1) is 21.1. The summed E-state index contributed by atoms with van der Waals surface area (Å²) >= 11 is 1.51. The quantitative estimate of drug-likeness (QED) is 0.581. The maximum Gasteiger partial charge on any atom is 0.336 e. The monoisotopic (exact) mass is 437 g/mol. The molecule has 1 N–H and O–H groups in total. The van der Waals surface area contributed by atoms with Crippen molar-refractivity contribution in [3.8, 4) is 0 Å². The largest absolute Gasteiger partial charge is 0.468 e. The molecular formula is C24H23NO5S. The van der Waals surface area contributed by atoms with E-state index in [1.54, 1.807) is 0 Å². The number of rotatable bonds is 4. The molecule has 0 bridgehead atoms. The molecular weight excluding hydrogens is 414 g/mol. The number of esters is 2. The first-order valence-electron chi connectivity index (χ1n) is 9.97. The molecule has 2 aromatic rings. The standard InChI is InChI=1S/C24H23NO5S/c1-13-18(23(27)29-2)19(14-8-5-4-6-9-14)21-16(25-13)12-15(17-10-7-11-31-17)20(22(21)26)24(28)30-3/h4-11,15,19-20,25H,12H2,1-3H3/t15-,19+,20-/m0/s1. The average Bonchev–Trinajstić information content (AvgIpc) is 3.32. The Hall–Kier alpha value is -3.19. The summed E-state index contributed by atoms with van der Waals surface area (Å²) in [6.45, 7) is 1.81. The number of benzene rings is 1. The fourth-order valence-corrected chi connectivity index (χ4v) is 5.43. The van der Waals surface area contributed by atoms with Crippen LogP contribution in [0.3, 0.4) is 0 Å². The summed E-state index contributed by atoms with van der Waals surface area (Å²) in [5, 5.41) is 5.20. The van der Waals surface area contributed by atoms with Gasteiger partial charge in [-0.15, -0.1) is 11.3 Å². The van der Waals surface area contributed by atoms with Crippen LogP contribution in [0.2, 0.25) is 0 Å². The summed E-state index contributed by atoms with van der Waals surface area (Å²) in [4.78, 5) is 40.3. The molecule has 0 fully saturated rings. The molecule has 160 valence electrons. The summed E-state index contributed by atoms with van der Waals surface area (Å²) < 4.78 is 10.1. The minimum absolute atomic E-state index is 0.318. The van der Waals surface area contributed by atoms with E-state index in [9.17, 15) is 14.4 Å². The van der Waals surface area contributed by atoms with Gasteiger partial charge in [-0.2, -0.15) is 0 Å². The first-order chi connectivity index (χ1) is 15.0. The van der Waals surface area contributed by atoms with Gasteiger partial charge in [0.25, 0.3) is 0 Å². The minimum Gasteiger partial charge on any atom is -0.468 e. The Morgan fingerprint density at radius 1 is 1.06 bits per heavy atom. The summed E-state index contributed by atoms with van der Waals surface area (Å²) in [6.07, 6.45) is 0.469. The number of allylic oxidation sites excluding steroid dienone is 3. The molecule has 0 saturated heterocycles. The highest BCUT2D eigenvalue weighted by molar-refractivity contribution is 7.10. The number of hydrogen-bond acceptors (Lipinski definition) is 7. The molecule has 0 spiro atoms. The topological polar surface area (TPSA) is 81.7 Å². The molecule has 31 heavy (non-hydrogen) atoms. The average molecular weight is 438 g/mol. The fourth-order valence-electron chi connectivity index (χ4n) is 4.56. The van der Waals surface area contributed by atoms with Crippen LogP contribution in [-0.2, 0) is 23.9 Å². The molecule has 1 aliphatic carbocycles. The molecule has 0 radical (unpaired) electrons. The molecule has 0 saturated carbocycles. The Bertz CT molecular complexity index is 1080. The van der Waals surface area contributed by atoms with Gasteiger partial charge in [0.1, 0.15) is 5.92 Å². The van der Waals surface area contributed by atoms with Gasteiger partial charge >= 0.3 is 11.9 Å². The third kappa shape index (κ3) is 3.59. The van der Waals surface area contributed by atoms with Gasteiger partial charge in [0, 0.05) is 33.7 Å². The van der Waals surface area contributed by atoms with Crippen molar-refractivity contribution in [2.24, 2.45) is 5.92 Å². The lowest BCUT2D eigenvalue weighted by Crippen LogP contribution is -2.43. The van der Waals surface area contributed by atoms with E-state index in [-0.39, 0.29) is 11.7 Å². The van der Waals surface area contributed by atoms with Gasteiger partial charge in [0.15, 0.2) is 5.78 Å². The van der Waals surface area contributed by atoms with Crippen molar-refractivity contribution in [3.63, 3.8) is 0 Å². The third-order valence-electron chi connectivity index (χ3n) is 5.92. The second-order valence-electron chi connectivity index (χ2n) is 7.58. The molecule has 3 atom stereocenters. The highest BCUT2D eigenvalue weighted by Crippen LogP contribution is 2.48. The van der Waals surface area contributed by atoms with Crippen LogP contribution in [0.1, 0.15) is 35.6 Å².